The van der Waals surface area contributed by atoms with Crippen molar-refractivity contribution in [2.75, 3.05) is 33.2 Å². The van der Waals surface area contributed by atoms with Gasteiger partial charge in [0.15, 0.2) is 5.11 Å². The van der Waals surface area contributed by atoms with E-state index in [-0.39, 0.29) is 0 Å². The molecule has 2 saturated carbocycles. The summed E-state index contributed by atoms with van der Waals surface area (Å²) in [4.78, 5) is 2.35. The van der Waals surface area contributed by atoms with E-state index in [1.165, 1.54) is 25.7 Å². The molecule has 0 amide bonds. The van der Waals surface area contributed by atoms with Crippen LogP contribution in [0.4, 0.5) is 0 Å². The number of thiocarbonyl (C=S) groups is 1. The van der Waals surface area contributed by atoms with E-state index in [4.69, 9.17) is 12.2 Å². The van der Waals surface area contributed by atoms with Crippen molar-refractivity contribution >= 4 is 17.3 Å². The van der Waals surface area contributed by atoms with Crippen LogP contribution < -0.4 is 10.7 Å². The Bertz CT molecular complexity index is 314. The molecule has 3 rings (SSSR count). The van der Waals surface area contributed by atoms with Crippen molar-refractivity contribution in [2.24, 2.45) is 11.8 Å². The molecule has 1 saturated heterocycles. The molecule has 3 atom stereocenters. The van der Waals surface area contributed by atoms with Crippen LogP contribution in [-0.2, 0) is 0 Å². The summed E-state index contributed by atoms with van der Waals surface area (Å²) in [5.41, 5.74) is 3.35. The van der Waals surface area contributed by atoms with Crippen molar-refractivity contribution in [2.45, 2.75) is 31.7 Å². The lowest BCUT2D eigenvalue weighted by Gasteiger charge is -2.34. The Kier molecular flexibility index (Phi) is 3.73. The molecule has 4 nitrogen and oxygen atoms in total. The van der Waals surface area contributed by atoms with Gasteiger partial charge in [0.25, 0.3) is 0 Å². The van der Waals surface area contributed by atoms with Gasteiger partial charge in [0.1, 0.15) is 0 Å². The van der Waals surface area contributed by atoms with Gasteiger partial charge in [-0.1, -0.05) is 6.42 Å². The summed E-state index contributed by atoms with van der Waals surface area (Å²) in [6.07, 6.45) is 5.60. The number of piperazine rings is 1. The molecule has 3 aliphatic rings. The molecular formula is C13H24N4S. The third-order valence-electron chi connectivity index (χ3n) is 4.82. The average molecular weight is 268 g/mol. The average Bonchev–Trinajstić information content (AvgIpc) is 2.94. The van der Waals surface area contributed by atoms with E-state index in [1.54, 1.807) is 0 Å². The number of rotatable bonds is 2. The van der Waals surface area contributed by atoms with Gasteiger partial charge >= 0.3 is 0 Å². The Balaban J connectivity index is 1.42. The number of fused-ring (bicyclic) bond motifs is 2. The topological polar surface area (TPSA) is 30.5 Å². The van der Waals surface area contributed by atoms with Crippen molar-refractivity contribution in [3.63, 3.8) is 0 Å². The lowest BCUT2D eigenvalue weighted by molar-refractivity contribution is 0.129. The summed E-state index contributed by atoms with van der Waals surface area (Å²) in [5, 5.41) is 6.60. The lowest BCUT2D eigenvalue weighted by Crippen LogP contribution is -2.56. The van der Waals surface area contributed by atoms with Crippen LogP contribution in [-0.4, -0.2) is 54.3 Å². The summed E-state index contributed by atoms with van der Waals surface area (Å²) in [6, 6.07) is 0.635. The van der Waals surface area contributed by atoms with Crippen LogP contribution >= 0.6 is 12.2 Å². The van der Waals surface area contributed by atoms with Crippen LogP contribution in [0.3, 0.4) is 0 Å². The molecule has 3 fully saturated rings. The molecule has 0 radical (unpaired) electrons. The quantitative estimate of drug-likeness (QED) is 0.724. The second kappa shape index (κ2) is 5.31. The highest BCUT2D eigenvalue weighted by atomic mass is 32.1. The molecule has 2 aliphatic carbocycles. The van der Waals surface area contributed by atoms with E-state index < -0.39 is 0 Å². The van der Waals surface area contributed by atoms with Gasteiger partial charge in [0.2, 0.25) is 0 Å². The van der Waals surface area contributed by atoms with E-state index in [0.717, 1.165) is 43.1 Å². The normalized spacial score (nSPS) is 36.8. The van der Waals surface area contributed by atoms with E-state index >= 15 is 0 Å². The first-order valence-electron chi connectivity index (χ1n) is 7.21. The second-order valence-corrected chi connectivity index (χ2v) is 6.57. The minimum Gasteiger partial charge on any atom is -0.359 e. The summed E-state index contributed by atoms with van der Waals surface area (Å²) >= 11 is 5.44. The van der Waals surface area contributed by atoms with Gasteiger partial charge in [-0.25, -0.2) is 5.01 Å². The highest BCUT2D eigenvalue weighted by Gasteiger charge is 2.39. The number of hydrogen-bond donors (Lipinski definition) is 2. The summed E-state index contributed by atoms with van der Waals surface area (Å²) < 4.78 is 0. The number of hydrogen-bond acceptors (Lipinski definition) is 3. The van der Waals surface area contributed by atoms with Gasteiger partial charge in [-0.05, 0) is 50.4 Å². The molecule has 18 heavy (non-hydrogen) atoms. The largest absolute Gasteiger partial charge is 0.359 e. The third-order valence-corrected chi connectivity index (χ3v) is 5.03. The Hall–Kier alpha value is -0.390. The first kappa shape index (κ1) is 12.6. The lowest BCUT2D eigenvalue weighted by atomic mass is 9.96. The third kappa shape index (κ3) is 2.78. The van der Waals surface area contributed by atoms with Gasteiger partial charge in [-0.3, -0.25) is 5.43 Å². The standard InChI is InChI=1S/C13H24N4S/c1-16-4-6-17(7-5-16)15-13(18)14-12-9-10-2-3-11(12)8-10/h10-12H,2-9H2,1H3,(H2,14,15,18). The zero-order valence-corrected chi connectivity index (χ0v) is 12.0. The maximum absolute atomic E-state index is 5.44. The van der Waals surface area contributed by atoms with Crippen molar-refractivity contribution < 1.29 is 0 Å². The zero-order valence-electron chi connectivity index (χ0n) is 11.2. The number of hydrazine groups is 1. The van der Waals surface area contributed by atoms with Crippen molar-refractivity contribution in [3.05, 3.63) is 0 Å². The molecule has 5 heteroatoms. The van der Waals surface area contributed by atoms with Crippen LogP contribution in [0.5, 0.6) is 0 Å². The van der Waals surface area contributed by atoms with Gasteiger partial charge in [-0.15, -0.1) is 0 Å². The number of nitrogens with zero attached hydrogens (tertiary/aromatic N) is 2. The fourth-order valence-electron chi connectivity index (χ4n) is 3.68. The highest BCUT2D eigenvalue weighted by Crippen LogP contribution is 2.44. The van der Waals surface area contributed by atoms with Gasteiger partial charge in [0.05, 0.1) is 0 Å². The summed E-state index contributed by atoms with van der Waals surface area (Å²) in [7, 11) is 2.17. The molecule has 1 heterocycles. The van der Waals surface area contributed by atoms with Gasteiger partial charge < -0.3 is 10.2 Å². The van der Waals surface area contributed by atoms with Crippen LogP contribution in [0.15, 0.2) is 0 Å². The van der Waals surface area contributed by atoms with Crippen molar-refractivity contribution in [1.29, 1.82) is 0 Å². The Morgan fingerprint density at radius 3 is 2.50 bits per heavy atom. The molecule has 0 aromatic heterocycles. The molecule has 1 aliphatic heterocycles. The molecule has 0 aromatic carbocycles. The molecule has 102 valence electrons. The van der Waals surface area contributed by atoms with Crippen LogP contribution in [0.1, 0.15) is 25.7 Å². The zero-order chi connectivity index (χ0) is 12.5. The molecule has 0 spiro atoms. The fraction of sp³-hybridized carbons (Fsp3) is 0.923. The van der Waals surface area contributed by atoms with Gasteiger partial charge in [-0.2, -0.15) is 0 Å². The predicted molar refractivity (Wildman–Crippen MR) is 77.2 cm³/mol. The minimum atomic E-state index is 0.635. The van der Waals surface area contributed by atoms with Crippen molar-refractivity contribution in [3.8, 4) is 0 Å². The predicted octanol–water partition coefficient (Wildman–Crippen LogP) is 0.801. The molecule has 2 N–H and O–H groups in total. The maximum atomic E-state index is 5.44. The Labute approximate surface area is 115 Å². The van der Waals surface area contributed by atoms with E-state index in [9.17, 15) is 0 Å². The summed E-state index contributed by atoms with van der Waals surface area (Å²) in [5.74, 6) is 1.85. The Morgan fingerprint density at radius 1 is 1.11 bits per heavy atom. The van der Waals surface area contributed by atoms with Crippen LogP contribution in [0, 0.1) is 11.8 Å². The first-order chi connectivity index (χ1) is 8.70. The molecule has 0 aromatic rings. The summed E-state index contributed by atoms with van der Waals surface area (Å²) in [6.45, 7) is 4.33. The van der Waals surface area contributed by atoms with Gasteiger partial charge in [0, 0.05) is 32.2 Å². The van der Waals surface area contributed by atoms with Crippen LogP contribution in [0.25, 0.3) is 0 Å². The number of nitrogens with one attached hydrogen (secondary N) is 2. The fourth-order valence-corrected chi connectivity index (χ4v) is 3.96. The van der Waals surface area contributed by atoms with Crippen molar-refractivity contribution in [1.82, 2.24) is 20.7 Å². The molecule has 2 bridgehead atoms. The number of likely N-dealkylation sites (N-methyl/N-ethyl adjacent to an activating group) is 1. The highest BCUT2D eigenvalue weighted by molar-refractivity contribution is 7.80. The minimum absolute atomic E-state index is 0.635. The SMILES string of the molecule is CN1CCN(NC(=S)NC2CC3CCC2C3)CC1. The van der Waals surface area contributed by atoms with E-state index in [1.807, 2.05) is 0 Å². The second-order valence-electron chi connectivity index (χ2n) is 6.16. The maximum Gasteiger partial charge on any atom is 0.181 e. The monoisotopic (exact) mass is 268 g/mol. The van der Waals surface area contributed by atoms with E-state index in [2.05, 4.69) is 27.7 Å². The smallest absolute Gasteiger partial charge is 0.181 e. The first-order valence-corrected chi connectivity index (χ1v) is 7.62. The molecule has 3 unspecified atom stereocenters. The van der Waals surface area contributed by atoms with E-state index in [0.29, 0.717) is 6.04 Å². The Morgan fingerprint density at radius 2 is 1.89 bits per heavy atom. The van der Waals surface area contributed by atoms with Crippen LogP contribution in [0.2, 0.25) is 0 Å². The molecular weight excluding hydrogens is 244 g/mol.